The van der Waals surface area contributed by atoms with Crippen LogP contribution in [-0.2, 0) is 23.9 Å². The fourth-order valence-electron chi connectivity index (χ4n) is 7.60. The minimum absolute atomic E-state index is 0.00972. The van der Waals surface area contributed by atoms with Crippen LogP contribution >= 0.6 is 0 Å². The van der Waals surface area contributed by atoms with Crippen molar-refractivity contribution in [3.8, 4) is 0 Å². The molecule has 0 aromatic rings. The summed E-state index contributed by atoms with van der Waals surface area (Å²) in [5.74, 6) is 0.401. The predicted octanol–water partition coefficient (Wildman–Crippen LogP) is 2.53. The second-order valence-electron chi connectivity index (χ2n) is 9.29. The quantitative estimate of drug-likeness (QED) is 0.674. The molecule has 2 aliphatic heterocycles. The van der Waals surface area contributed by atoms with Crippen LogP contribution in [0.25, 0.3) is 0 Å². The van der Waals surface area contributed by atoms with Gasteiger partial charge in [-0.05, 0) is 55.4 Å². The van der Waals surface area contributed by atoms with Gasteiger partial charge in [0.1, 0.15) is 6.10 Å². The number of carbonyl (C=O) groups is 3. The number of esters is 2. The molecule has 3 saturated carbocycles. The van der Waals surface area contributed by atoms with Crippen molar-refractivity contribution in [1.29, 1.82) is 0 Å². The number of hydrogen-bond donors (Lipinski definition) is 0. The average molecular weight is 358 g/mol. The first-order valence-corrected chi connectivity index (χ1v) is 9.89. The third kappa shape index (κ3) is 1.62. The van der Waals surface area contributed by atoms with Crippen molar-refractivity contribution in [3.63, 3.8) is 0 Å². The van der Waals surface area contributed by atoms with E-state index >= 15 is 0 Å². The number of ketones is 1. The number of carbonyl (C=O) groups excluding carboxylic acids is 3. The second-order valence-corrected chi connectivity index (χ2v) is 9.29. The van der Waals surface area contributed by atoms with Crippen LogP contribution in [0.4, 0.5) is 0 Å². The van der Waals surface area contributed by atoms with Gasteiger partial charge in [-0.3, -0.25) is 14.4 Å². The predicted molar refractivity (Wildman–Crippen MR) is 91.7 cm³/mol. The molecule has 0 aromatic heterocycles. The van der Waals surface area contributed by atoms with Crippen LogP contribution in [0.2, 0.25) is 0 Å². The molecule has 4 aliphatic carbocycles. The Hall–Kier alpha value is -1.65. The van der Waals surface area contributed by atoms with E-state index in [2.05, 4.69) is 6.92 Å². The van der Waals surface area contributed by atoms with Crippen molar-refractivity contribution in [2.75, 3.05) is 7.11 Å². The first-order chi connectivity index (χ1) is 12.4. The molecule has 5 fully saturated rings. The minimum atomic E-state index is -0.776. The summed E-state index contributed by atoms with van der Waals surface area (Å²) in [6.45, 7) is 4.15. The highest BCUT2D eigenvalue weighted by atomic mass is 16.6. The molecule has 0 N–H and O–H groups in total. The molecule has 2 heterocycles. The van der Waals surface area contributed by atoms with Crippen molar-refractivity contribution in [1.82, 2.24) is 0 Å². The molecule has 0 amide bonds. The molecule has 6 rings (SSSR count). The molecule has 2 saturated heterocycles. The Labute approximate surface area is 153 Å². The van der Waals surface area contributed by atoms with Crippen LogP contribution in [0, 0.1) is 46.3 Å². The maximum atomic E-state index is 13.0. The van der Waals surface area contributed by atoms with Gasteiger partial charge in [-0.15, -0.1) is 0 Å². The highest BCUT2D eigenvalue weighted by molar-refractivity contribution is 5.94. The number of methoxy groups -OCH3 is 1. The van der Waals surface area contributed by atoms with Crippen molar-refractivity contribution >= 4 is 17.7 Å². The Balaban J connectivity index is 1.73. The summed E-state index contributed by atoms with van der Waals surface area (Å²) < 4.78 is 11.1. The summed E-state index contributed by atoms with van der Waals surface area (Å²) in [4.78, 5) is 38.7. The Morgan fingerprint density at radius 1 is 1.15 bits per heavy atom. The lowest BCUT2D eigenvalue weighted by Crippen LogP contribution is -2.66. The highest BCUT2D eigenvalue weighted by Gasteiger charge is 2.75. The Bertz CT molecular complexity index is 741. The SMILES string of the molecule is COC(=O)[C@@]12C=CC(=O)[C@H](C)[C@H]3C[C@H]4[C@@H]([C@@H]31)[C@]1(CC2)C(=O)O[C@H]4CC1C. The smallest absolute Gasteiger partial charge is 0.315 e. The third-order valence-corrected chi connectivity index (χ3v) is 8.78. The van der Waals surface area contributed by atoms with Gasteiger partial charge in [0.25, 0.3) is 0 Å². The lowest BCUT2D eigenvalue weighted by atomic mass is 9.44. The summed E-state index contributed by atoms with van der Waals surface area (Å²) in [7, 11) is 1.43. The zero-order valence-corrected chi connectivity index (χ0v) is 15.6. The maximum Gasteiger partial charge on any atom is 0.315 e. The molecule has 6 aliphatic rings. The number of ether oxygens (including phenoxy) is 2. The highest BCUT2D eigenvalue weighted by Crippen LogP contribution is 2.73. The molecular formula is C21H26O5. The Morgan fingerprint density at radius 2 is 1.92 bits per heavy atom. The van der Waals surface area contributed by atoms with Crippen LogP contribution in [-0.4, -0.2) is 30.9 Å². The van der Waals surface area contributed by atoms with Crippen molar-refractivity contribution in [2.24, 2.45) is 46.3 Å². The molecule has 9 atom stereocenters. The molecule has 5 nitrogen and oxygen atoms in total. The molecule has 1 spiro atoms. The van der Waals surface area contributed by atoms with E-state index in [9.17, 15) is 14.4 Å². The first kappa shape index (κ1) is 16.5. The topological polar surface area (TPSA) is 69.7 Å². The zero-order chi connectivity index (χ0) is 18.4. The molecule has 2 bridgehead atoms. The van der Waals surface area contributed by atoms with E-state index in [0.717, 1.165) is 12.8 Å². The van der Waals surface area contributed by atoms with Crippen LogP contribution in [0.15, 0.2) is 12.2 Å². The van der Waals surface area contributed by atoms with E-state index < -0.39 is 10.8 Å². The molecule has 0 radical (unpaired) electrons. The number of hydrogen-bond acceptors (Lipinski definition) is 5. The molecule has 0 aromatic carbocycles. The van der Waals surface area contributed by atoms with Crippen LogP contribution < -0.4 is 0 Å². The van der Waals surface area contributed by atoms with E-state index in [1.807, 2.05) is 13.0 Å². The third-order valence-electron chi connectivity index (χ3n) is 8.78. The van der Waals surface area contributed by atoms with Crippen molar-refractivity contribution in [3.05, 3.63) is 12.2 Å². The van der Waals surface area contributed by atoms with Gasteiger partial charge in [0.2, 0.25) is 0 Å². The van der Waals surface area contributed by atoms with Gasteiger partial charge in [-0.25, -0.2) is 0 Å². The number of rotatable bonds is 1. The van der Waals surface area contributed by atoms with E-state index in [-0.39, 0.29) is 59.3 Å². The number of fused-ring (bicyclic) bond motifs is 2. The van der Waals surface area contributed by atoms with Crippen LogP contribution in [0.1, 0.15) is 39.5 Å². The van der Waals surface area contributed by atoms with Gasteiger partial charge in [0.05, 0.1) is 17.9 Å². The average Bonchev–Trinajstić information content (AvgIpc) is 3.00. The monoisotopic (exact) mass is 358 g/mol. The van der Waals surface area contributed by atoms with Gasteiger partial charge in [-0.2, -0.15) is 0 Å². The number of allylic oxidation sites excluding steroid dienone is 1. The van der Waals surface area contributed by atoms with E-state index in [1.54, 1.807) is 6.08 Å². The summed E-state index contributed by atoms with van der Waals surface area (Å²) >= 11 is 0. The minimum Gasteiger partial charge on any atom is -0.468 e. The largest absolute Gasteiger partial charge is 0.468 e. The van der Waals surface area contributed by atoms with E-state index in [0.29, 0.717) is 12.8 Å². The lowest BCUT2D eigenvalue weighted by molar-refractivity contribution is -0.233. The Morgan fingerprint density at radius 3 is 2.62 bits per heavy atom. The molecule has 140 valence electrons. The molecular weight excluding hydrogens is 332 g/mol. The van der Waals surface area contributed by atoms with Crippen molar-refractivity contribution < 1.29 is 23.9 Å². The first-order valence-electron chi connectivity index (χ1n) is 9.89. The fourth-order valence-corrected chi connectivity index (χ4v) is 7.60. The fraction of sp³-hybridized carbons (Fsp3) is 0.762. The van der Waals surface area contributed by atoms with Gasteiger partial charge >= 0.3 is 11.9 Å². The summed E-state index contributed by atoms with van der Waals surface area (Å²) in [5.41, 5.74) is -1.26. The maximum absolute atomic E-state index is 13.0. The molecule has 5 heteroatoms. The second kappa shape index (κ2) is 4.99. The summed E-state index contributed by atoms with van der Waals surface area (Å²) in [5, 5.41) is 0. The van der Waals surface area contributed by atoms with Gasteiger partial charge in [0.15, 0.2) is 5.78 Å². The summed E-state index contributed by atoms with van der Waals surface area (Å²) in [6.07, 6.45) is 6.36. The van der Waals surface area contributed by atoms with Crippen molar-refractivity contribution in [2.45, 2.75) is 45.6 Å². The van der Waals surface area contributed by atoms with E-state index in [1.165, 1.54) is 7.11 Å². The van der Waals surface area contributed by atoms with Gasteiger partial charge in [0, 0.05) is 11.8 Å². The Kier molecular flexibility index (Phi) is 3.17. The normalized spacial score (nSPS) is 53.7. The van der Waals surface area contributed by atoms with E-state index in [4.69, 9.17) is 9.47 Å². The summed E-state index contributed by atoms with van der Waals surface area (Å²) in [6, 6.07) is 0. The lowest BCUT2D eigenvalue weighted by Gasteiger charge is -2.62. The van der Waals surface area contributed by atoms with Crippen LogP contribution in [0.3, 0.4) is 0 Å². The molecule has 26 heavy (non-hydrogen) atoms. The zero-order valence-electron chi connectivity index (χ0n) is 15.6. The van der Waals surface area contributed by atoms with Gasteiger partial charge in [-0.1, -0.05) is 19.9 Å². The van der Waals surface area contributed by atoms with Crippen LogP contribution in [0.5, 0.6) is 0 Å². The molecule has 1 unspecified atom stereocenters. The van der Waals surface area contributed by atoms with Gasteiger partial charge < -0.3 is 9.47 Å². The standard InChI is InChI=1S/C21H26O5/c1-10-8-15-13-9-12-11(2)14(22)4-5-20(18(23)25-3)6-7-21(10,19(24)26-15)17(13)16(12)20/h4-5,10-13,15-17H,6-9H2,1-3H3/t10?,11-,12-,13-,15+,16-,17+,20-,21-/m1/s1.